The van der Waals surface area contributed by atoms with E-state index in [9.17, 15) is 4.39 Å². The highest BCUT2D eigenvalue weighted by Crippen LogP contribution is 2.40. The van der Waals surface area contributed by atoms with Gasteiger partial charge >= 0.3 is 0 Å². The summed E-state index contributed by atoms with van der Waals surface area (Å²) < 4.78 is 49.5. The van der Waals surface area contributed by atoms with Gasteiger partial charge in [0.05, 0.1) is 7.11 Å². The van der Waals surface area contributed by atoms with E-state index in [-0.39, 0.29) is 17.3 Å². The van der Waals surface area contributed by atoms with Crippen LogP contribution in [0.25, 0.3) is 11.1 Å². The lowest BCUT2D eigenvalue weighted by atomic mass is 9.76. The topological polar surface area (TPSA) is 9.23 Å². The highest BCUT2D eigenvalue weighted by atomic mass is 19.2. The molecular weight excluding hydrogens is 457 g/mol. The van der Waals surface area contributed by atoms with Crippen LogP contribution >= 0.6 is 0 Å². The van der Waals surface area contributed by atoms with E-state index in [1.165, 1.54) is 38.9 Å². The largest absolute Gasteiger partial charge is 0.497 e. The summed E-state index contributed by atoms with van der Waals surface area (Å²) in [4.78, 5) is 0. The summed E-state index contributed by atoms with van der Waals surface area (Å²) in [7, 11) is 1.51. The molecule has 0 N–H and O–H groups in total. The van der Waals surface area contributed by atoms with E-state index in [0.29, 0.717) is 35.3 Å². The molecule has 0 bridgehead atoms. The molecule has 0 spiro atoms. The molecule has 0 unspecified atom stereocenters. The van der Waals surface area contributed by atoms with Gasteiger partial charge in [0.25, 0.3) is 0 Å². The van der Waals surface area contributed by atoms with Crippen LogP contribution in [0.2, 0.25) is 0 Å². The SMILES string of the molecule is CCCCCC1CCC(c2ccc(-c3ccc(CCc4ccc(OC)cc4F)cc3)c(F)c2F)CC1. The molecule has 1 saturated carbocycles. The first kappa shape index (κ1) is 26.3. The zero-order valence-corrected chi connectivity index (χ0v) is 21.5. The van der Waals surface area contributed by atoms with Gasteiger partial charge in [-0.05, 0) is 78.7 Å². The maximum atomic E-state index is 15.1. The van der Waals surface area contributed by atoms with Gasteiger partial charge in [-0.3, -0.25) is 0 Å². The minimum absolute atomic E-state index is 0.108. The van der Waals surface area contributed by atoms with Crippen LogP contribution in [-0.4, -0.2) is 7.11 Å². The van der Waals surface area contributed by atoms with E-state index in [1.54, 1.807) is 24.3 Å². The first-order valence-corrected chi connectivity index (χ1v) is 13.4. The van der Waals surface area contributed by atoms with Crippen molar-refractivity contribution >= 4 is 0 Å². The van der Waals surface area contributed by atoms with E-state index in [2.05, 4.69) is 6.92 Å². The molecule has 0 radical (unpaired) electrons. The van der Waals surface area contributed by atoms with Crippen LogP contribution < -0.4 is 4.74 Å². The van der Waals surface area contributed by atoms with Gasteiger partial charge in [-0.2, -0.15) is 0 Å². The van der Waals surface area contributed by atoms with E-state index < -0.39 is 11.6 Å². The number of hydrogen-bond donors (Lipinski definition) is 0. The number of ether oxygens (including phenoxy) is 1. The molecule has 3 aromatic rings. The average Bonchev–Trinajstić information content (AvgIpc) is 2.90. The normalized spacial score (nSPS) is 17.8. The van der Waals surface area contributed by atoms with Gasteiger partial charge in [0.15, 0.2) is 11.6 Å². The van der Waals surface area contributed by atoms with Crippen molar-refractivity contribution in [1.82, 2.24) is 0 Å². The Morgan fingerprint density at radius 1 is 0.806 bits per heavy atom. The molecule has 1 aliphatic carbocycles. The van der Waals surface area contributed by atoms with Crippen LogP contribution in [0.4, 0.5) is 13.2 Å². The van der Waals surface area contributed by atoms with Crippen molar-refractivity contribution in [2.45, 2.75) is 77.0 Å². The highest BCUT2D eigenvalue weighted by Gasteiger charge is 2.26. The maximum absolute atomic E-state index is 15.1. The Labute approximate surface area is 213 Å². The van der Waals surface area contributed by atoms with Crippen LogP contribution in [0.3, 0.4) is 0 Å². The van der Waals surface area contributed by atoms with Crippen molar-refractivity contribution in [3.05, 3.63) is 88.7 Å². The van der Waals surface area contributed by atoms with Crippen molar-refractivity contribution in [3.63, 3.8) is 0 Å². The number of unbranched alkanes of at least 4 members (excludes halogenated alkanes) is 2. The third-order valence-corrected chi connectivity index (χ3v) is 7.82. The fourth-order valence-corrected chi connectivity index (χ4v) is 5.54. The van der Waals surface area contributed by atoms with Crippen molar-refractivity contribution in [2.75, 3.05) is 7.11 Å². The molecule has 0 atom stereocenters. The standard InChI is InChI=1S/C32H37F3O/c1-3-4-5-6-22-7-12-24(13-8-22)28-19-20-29(32(35)31(28)34)25-14-9-23(10-15-25)11-16-26-17-18-27(36-2)21-30(26)33/h9-10,14-15,17-22,24H,3-8,11-13,16H2,1-2H3. The molecule has 1 aliphatic rings. The smallest absolute Gasteiger partial charge is 0.166 e. The van der Waals surface area contributed by atoms with Crippen LogP contribution in [-0.2, 0) is 12.8 Å². The Morgan fingerprint density at radius 2 is 1.56 bits per heavy atom. The summed E-state index contributed by atoms with van der Waals surface area (Å²) in [5.41, 5.74) is 3.11. The Balaban J connectivity index is 1.38. The molecule has 0 aromatic heterocycles. The second-order valence-electron chi connectivity index (χ2n) is 10.2. The van der Waals surface area contributed by atoms with E-state index >= 15 is 8.78 Å². The summed E-state index contributed by atoms with van der Waals surface area (Å²) in [6, 6.07) is 15.8. The van der Waals surface area contributed by atoms with Crippen molar-refractivity contribution in [1.29, 1.82) is 0 Å². The van der Waals surface area contributed by atoms with Gasteiger partial charge in [0.2, 0.25) is 0 Å². The predicted octanol–water partition coefficient (Wildman–Crippen LogP) is 9.42. The highest BCUT2D eigenvalue weighted by molar-refractivity contribution is 5.65. The number of rotatable bonds is 10. The summed E-state index contributed by atoms with van der Waals surface area (Å²) in [6.07, 6.45) is 10.4. The van der Waals surface area contributed by atoms with Gasteiger partial charge in [-0.25, -0.2) is 13.2 Å². The number of benzene rings is 3. The van der Waals surface area contributed by atoms with Crippen molar-refractivity contribution in [2.24, 2.45) is 5.92 Å². The minimum atomic E-state index is -0.759. The second-order valence-corrected chi connectivity index (χ2v) is 10.2. The number of hydrogen-bond acceptors (Lipinski definition) is 1. The van der Waals surface area contributed by atoms with Gasteiger partial charge in [0.1, 0.15) is 11.6 Å². The first-order valence-electron chi connectivity index (χ1n) is 13.4. The molecule has 4 heteroatoms. The summed E-state index contributed by atoms with van der Waals surface area (Å²) in [5.74, 6) is -0.396. The zero-order valence-electron chi connectivity index (χ0n) is 21.5. The van der Waals surface area contributed by atoms with E-state index in [1.807, 2.05) is 24.3 Å². The van der Waals surface area contributed by atoms with Crippen LogP contribution in [0.15, 0.2) is 54.6 Å². The molecule has 4 rings (SSSR count). The Morgan fingerprint density at radius 3 is 2.22 bits per heavy atom. The second kappa shape index (κ2) is 12.5. The van der Waals surface area contributed by atoms with Crippen molar-refractivity contribution in [3.8, 4) is 16.9 Å². The van der Waals surface area contributed by atoms with Crippen molar-refractivity contribution < 1.29 is 17.9 Å². The molecule has 1 nitrogen and oxygen atoms in total. The average molecular weight is 495 g/mol. The van der Waals surface area contributed by atoms with E-state index in [0.717, 1.165) is 37.2 Å². The number of methoxy groups -OCH3 is 1. The molecule has 192 valence electrons. The monoisotopic (exact) mass is 494 g/mol. The fraction of sp³-hybridized carbons (Fsp3) is 0.438. The Hall–Kier alpha value is -2.75. The molecule has 0 saturated heterocycles. The van der Waals surface area contributed by atoms with Crippen LogP contribution in [0.5, 0.6) is 5.75 Å². The molecular formula is C32H37F3O. The molecule has 0 amide bonds. The Kier molecular flexibility index (Phi) is 9.12. The predicted molar refractivity (Wildman–Crippen MR) is 141 cm³/mol. The number of aryl methyl sites for hydroxylation is 2. The lowest BCUT2D eigenvalue weighted by molar-refractivity contribution is 0.298. The molecule has 36 heavy (non-hydrogen) atoms. The van der Waals surface area contributed by atoms with E-state index in [4.69, 9.17) is 4.74 Å². The summed E-state index contributed by atoms with van der Waals surface area (Å²) >= 11 is 0. The lowest BCUT2D eigenvalue weighted by Gasteiger charge is -2.29. The van der Waals surface area contributed by atoms with Crippen LogP contribution in [0.1, 0.15) is 80.9 Å². The lowest BCUT2D eigenvalue weighted by Crippen LogP contribution is -2.15. The Bertz CT molecular complexity index is 1130. The quantitative estimate of drug-likeness (QED) is 0.255. The third-order valence-electron chi connectivity index (χ3n) is 7.82. The van der Waals surface area contributed by atoms with Gasteiger partial charge < -0.3 is 4.74 Å². The van der Waals surface area contributed by atoms with Crippen LogP contribution in [0, 0.1) is 23.4 Å². The van der Waals surface area contributed by atoms with Gasteiger partial charge in [-0.1, -0.05) is 75.1 Å². The molecule has 0 aliphatic heterocycles. The summed E-state index contributed by atoms with van der Waals surface area (Å²) in [5, 5.41) is 0. The van der Waals surface area contributed by atoms with Gasteiger partial charge in [0, 0.05) is 11.6 Å². The third kappa shape index (κ3) is 6.32. The fourth-order valence-electron chi connectivity index (χ4n) is 5.54. The number of halogens is 3. The minimum Gasteiger partial charge on any atom is -0.497 e. The first-order chi connectivity index (χ1) is 17.5. The maximum Gasteiger partial charge on any atom is 0.166 e. The molecule has 1 fully saturated rings. The molecule has 0 heterocycles. The molecule has 3 aromatic carbocycles. The van der Waals surface area contributed by atoms with Gasteiger partial charge in [-0.15, -0.1) is 0 Å². The zero-order chi connectivity index (χ0) is 25.5. The summed E-state index contributed by atoms with van der Waals surface area (Å²) in [6.45, 7) is 2.22.